The second-order valence-electron chi connectivity index (χ2n) is 7.00. The summed E-state index contributed by atoms with van der Waals surface area (Å²) in [5.74, 6) is 0.374. The molecule has 0 aliphatic carbocycles. The molecule has 9 nitrogen and oxygen atoms in total. The highest BCUT2D eigenvalue weighted by molar-refractivity contribution is 6.30. The van der Waals surface area contributed by atoms with E-state index in [0.717, 1.165) is 0 Å². The Morgan fingerprint density at radius 3 is 2.39 bits per heavy atom. The third-order valence-corrected chi connectivity index (χ3v) is 5.30. The van der Waals surface area contributed by atoms with Gasteiger partial charge in [-0.15, -0.1) is 5.10 Å². The third kappa shape index (κ3) is 4.41. The minimum Gasteiger partial charge on any atom is -0.352 e. The van der Waals surface area contributed by atoms with Gasteiger partial charge in [-0.1, -0.05) is 17.7 Å². The van der Waals surface area contributed by atoms with Crippen molar-refractivity contribution in [2.24, 2.45) is 0 Å². The van der Waals surface area contributed by atoms with Crippen molar-refractivity contribution in [3.05, 3.63) is 91.7 Å². The first-order valence-electron chi connectivity index (χ1n) is 9.57. The van der Waals surface area contributed by atoms with E-state index < -0.39 is 4.92 Å². The van der Waals surface area contributed by atoms with Gasteiger partial charge in [0.15, 0.2) is 0 Å². The van der Waals surface area contributed by atoms with Crippen LogP contribution in [0.4, 0.5) is 11.5 Å². The van der Waals surface area contributed by atoms with Crippen LogP contribution in [0.15, 0.2) is 65.5 Å². The molecule has 4 rings (SSSR count). The number of benzene rings is 2. The number of rotatable bonds is 4. The minimum atomic E-state index is -0.518. The summed E-state index contributed by atoms with van der Waals surface area (Å²) in [6.07, 6.45) is 0. The SMILES string of the molecule is O=C(c1cccc([N+](=O)[O-])c1)N1CCN(c2ccc(=O)n(-c3ccc(Cl)cc3)n2)CC1. The Balaban J connectivity index is 1.48. The first-order valence-corrected chi connectivity index (χ1v) is 9.95. The van der Waals surface area contributed by atoms with E-state index in [2.05, 4.69) is 5.10 Å². The first kappa shape index (κ1) is 20.5. The molecule has 1 aliphatic heterocycles. The summed E-state index contributed by atoms with van der Waals surface area (Å²) in [5, 5.41) is 16.0. The molecule has 0 atom stereocenters. The highest BCUT2D eigenvalue weighted by Crippen LogP contribution is 2.18. The number of amides is 1. The van der Waals surface area contributed by atoms with Crippen LogP contribution in [0.5, 0.6) is 0 Å². The maximum atomic E-state index is 12.7. The summed E-state index contributed by atoms with van der Waals surface area (Å²) in [7, 11) is 0. The number of non-ortho nitro benzene ring substituents is 1. The number of anilines is 1. The van der Waals surface area contributed by atoms with Gasteiger partial charge in [0.25, 0.3) is 17.2 Å². The van der Waals surface area contributed by atoms with Gasteiger partial charge in [-0.25, -0.2) is 0 Å². The van der Waals surface area contributed by atoms with Crippen LogP contribution in [0, 0.1) is 10.1 Å². The van der Waals surface area contributed by atoms with Crippen LogP contribution in [0.25, 0.3) is 5.69 Å². The molecule has 1 saturated heterocycles. The number of nitrogens with zero attached hydrogens (tertiary/aromatic N) is 5. The number of nitro benzene ring substituents is 1. The number of piperazine rings is 1. The first-order chi connectivity index (χ1) is 14.9. The van der Waals surface area contributed by atoms with Gasteiger partial charge in [0.1, 0.15) is 5.82 Å². The molecule has 1 amide bonds. The van der Waals surface area contributed by atoms with Gasteiger partial charge < -0.3 is 9.80 Å². The molecule has 0 radical (unpaired) electrons. The van der Waals surface area contributed by atoms with E-state index in [-0.39, 0.29) is 22.7 Å². The number of carbonyl (C=O) groups is 1. The molecule has 0 saturated carbocycles. The molecule has 31 heavy (non-hydrogen) atoms. The minimum absolute atomic E-state index is 0.113. The highest BCUT2D eigenvalue weighted by Gasteiger charge is 2.24. The molecule has 0 unspecified atom stereocenters. The molecule has 3 aromatic rings. The van der Waals surface area contributed by atoms with Gasteiger partial charge in [-0.3, -0.25) is 19.7 Å². The van der Waals surface area contributed by atoms with Gasteiger partial charge in [0.05, 0.1) is 10.6 Å². The van der Waals surface area contributed by atoms with E-state index in [1.165, 1.54) is 28.9 Å². The molecule has 0 bridgehead atoms. The Hall–Kier alpha value is -3.72. The lowest BCUT2D eigenvalue weighted by Crippen LogP contribution is -2.49. The van der Waals surface area contributed by atoms with Crippen LogP contribution < -0.4 is 10.5 Å². The van der Waals surface area contributed by atoms with Crippen molar-refractivity contribution < 1.29 is 9.72 Å². The molecule has 0 N–H and O–H groups in total. The summed E-state index contributed by atoms with van der Waals surface area (Å²) >= 11 is 5.92. The van der Waals surface area contributed by atoms with Crippen LogP contribution in [-0.4, -0.2) is 51.7 Å². The number of nitro groups is 1. The van der Waals surface area contributed by atoms with Crippen molar-refractivity contribution in [3.63, 3.8) is 0 Å². The zero-order valence-electron chi connectivity index (χ0n) is 16.3. The molecule has 1 aromatic heterocycles. The van der Waals surface area contributed by atoms with Crippen molar-refractivity contribution >= 4 is 29.0 Å². The van der Waals surface area contributed by atoms with Crippen molar-refractivity contribution in [2.75, 3.05) is 31.1 Å². The Labute approximate surface area is 182 Å². The van der Waals surface area contributed by atoms with Crippen LogP contribution in [0.3, 0.4) is 0 Å². The van der Waals surface area contributed by atoms with E-state index in [0.29, 0.717) is 42.7 Å². The van der Waals surface area contributed by atoms with E-state index in [1.807, 2.05) is 4.90 Å². The molecule has 2 aromatic carbocycles. The maximum Gasteiger partial charge on any atom is 0.271 e. The summed E-state index contributed by atoms with van der Waals surface area (Å²) in [6, 6.07) is 15.7. The van der Waals surface area contributed by atoms with Gasteiger partial charge in [0.2, 0.25) is 0 Å². The normalized spacial score (nSPS) is 13.8. The van der Waals surface area contributed by atoms with Gasteiger partial charge in [-0.2, -0.15) is 4.68 Å². The Kier molecular flexibility index (Phi) is 5.68. The van der Waals surface area contributed by atoms with Crippen molar-refractivity contribution in [1.82, 2.24) is 14.7 Å². The monoisotopic (exact) mass is 439 g/mol. The Bertz CT molecular complexity index is 1190. The summed E-state index contributed by atoms with van der Waals surface area (Å²) < 4.78 is 1.31. The second kappa shape index (κ2) is 8.57. The lowest BCUT2D eigenvalue weighted by atomic mass is 10.1. The lowest BCUT2D eigenvalue weighted by Gasteiger charge is -2.35. The topological polar surface area (TPSA) is 102 Å². The second-order valence-corrected chi connectivity index (χ2v) is 7.44. The standard InChI is InChI=1S/C21H18ClN5O4/c22-16-4-6-17(7-5-16)26-20(28)9-8-19(23-26)24-10-12-25(13-11-24)21(29)15-2-1-3-18(14-15)27(30)31/h1-9,14H,10-13H2. The number of aromatic nitrogens is 2. The lowest BCUT2D eigenvalue weighted by molar-refractivity contribution is -0.384. The van der Waals surface area contributed by atoms with Gasteiger partial charge >= 0.3 is 0 Å². The number of hydrogen-bond donors (Lipinski definition) is 0. The van der Waals surface area contributed by atoms with Crippen molar-refractivity contribution in [2.45, 2.75) is 0 Å². The van der Waals surface area contributed by atoms with Gasteiger partial charge in [-0.05, 0) is 36.4 Å². The van der Waals surface area contributed by atoms with E-state index in [9.17, 15) is 19.7 Å². The molecule has 158 valence electrons. The fraction of sp³-hybridized carbons (Fsp3) is 0.190. The van der Waals surface area contributed by atoms with Crippen LogP contribution in [0.1, 0.15) is 10.4 Å². The molecule has 2 heterocycles. The predicted octanol–water partition coefficient (Wildman–Crippen LogP) is 2.76. The smallest absolute Gasteiger partial charge is 0.271 e. The number of halogens is 1. The van der Waals surface area contributed by atoms with Crippen LogP contribution in [0.2, 0.25) is 5.02 Å². The van der Waals surface area contributed by atoms with E-state index in [4.69, 9.17) is 11.6 Å². The van der Waals surface area contributed by atoms with Crippen molar-refractivity contribution in [1.29, 1.82) is 0 Å². The van der Waals surface area contributed by atoms with E-state index in [1.54, 1.807) is 41.3 Å². The van der Waals surface area contributed by atoms with E-state index >= 15 is 0 Å². The zero-order valence-corrected chi connectivity index (χ0v) is 17.1. The highest BCUT2D eigenvalue weighted by atomic mass is 35.5. The molecular weight excluding hydrogens is 422 g/mol. The third-order valence-electron chi connectivity index (χ3n) is 5.05. The van der Waals surface area contributed by atoms with Gasteiger partial charge in [0, 0.05) is 55.0 Å². The van der Waals surface area contributed by atoms with Crippen molar-refractivity contribution in [3.8, 4) is 5.69 Å². The Morgan fingerprint density at radius 2 is 1.71 bits per heavy atom. The Morgan fingerprint density at radius 1 is 1.00 bits per heavy atom. The largest absolute Gasteiger partial charge is 0.352 e. The maximum absolute atomic E-state index is 12.7. The average Bonchev–Trinajstić information content (AvgIpc) is 2.80. The summed E-state index contributed by atoms with van der Waals surface area (Å²) in [5.41, 5.74) is 0.525. The fourth-order valence-corrected chi connectivity index (χ4v) is 3.54. The predicted molar refractivity (Wildman–Crippen MR) is 116 cm³/mol. The zero-order chi connectivity index (χ0) is 22.0. The molecule has 1 aliphatic rings. The quantitative estimate of drug-likeness (QED) is 0.457. The molecule has 1 fully saturated rings. The summed E-state index contributed by atoms with van der Waals surface area (Å²) in [6.45, 7) is 1.91. The fourth-order valence-electron chi connectivity index (χ4n) is 3.41. The molecule has 0 spiro atoms. The van der Waals surface area contributed by atoms with Crippen LogP contribution in [-0.2, 0) is 0 Å². The average molecular weight is 440 g/mol. The molecular formula is C21H18ClN5O4. The molecule has 10 heteroatoms. The number of hydrogen-bond acceptors (Lipinski definition) is 6. The number of carbonyl (C=O) groups excluding carboxylic acids is 1. The van der Waals surface area contributed by atoms with Crippen LogP contribution >= 0.6 is 11.6 Å². The summed E-state index contributed by atoms with van der Waals surface area (Å²) in [4.78, 5) is 39.1.